The second-order valence-electron chi connectivity index (χ2n) is 16.4. The molecule has 0 saturated heterocycles. The number of para-hydroxylation sites is 1. The van der Waals surface area contributed by atoms with Crippen molar-refractivity contribution < 1.29 is 4.42 Å². The van der Waals surface area contributed by atoms with E-state index in [9.17, 15) is 0 Å². The van der Waals surface area contributed by atoms with Gasteiger partial charge >= 0.3 is 0 Å². The lowest BCUT2D eigenvalue weighted by Crippen LogP contribution is -2.13. The van der Waals surface area contributed by atoms with E-state index in [1.165, 1.54) is 49.5 Å². The molecule has 0 bridgehead atoms. The molecule has 0 N–H and O–H groups in total. The lowest BCUT2D eigenvalue weighted by molar-refractivity contribution is 0.669. The second-order valence-corrected chi connectivity index (χ2v) is 16.4. The van der Waals surface area contributed by atoms with Crippen LogP contribution in [0.4, 0.5) is 17.1 Å². The van der Waals surface area contributed by atoms with E-state index in [1.807, 2.05) is 6.07 Å². The van der Waals surface area contributed by atoms with Crippen molar-refractivity contribution in [1.82, 2.24) is 0 Å². The van der Waals surface area contributed by atoms with Gasteiger partial charge in [-0.05, 0) is 103 Å². The molecule has 0 spiro atoms. The van der Waals surface area contributed by atoms with Crippen LogP contribution in [0.25, 0.3) is 99.1 Å². The minimum atomic E-state index is 0.847. The predicted molar refractivity (Wildman–Crippen MR) is 271 cm³/mol. The number of fused-ring (bicyclic) bond motifs is 6. The monoisotopic (exact) mass is 815 g/mol. The molecule has 0 unspecified atom stereocenters. The fourth-order valence-electron chi connectivity index (χ4n) is 9.65. The lowest BCUT2D eigenvalue weighted by atomic mass is 9.88. The van der Waals surface area contributed by atoms with Gasteiger partial charge in [-0.2, -0.15) is 0 Å². The largest absolute Gasteiger partial charge is 0.456 e. The molecule has 1 aromatic heterocycles. The quantitative estimate of drug-likeness (QED) is 0.142. The van der Waals surface area contributed by atoms with Gasteiger partial charge in [-0.15, -0.1) is 0 Å². The maximum atomic E-state index is 6.64. The summed E-state index contributed by atoms with van der Waals surface area (Å²) in [6, 6.07) is 89.8. The molecule has 0 fully saturated rings. The van der Waals surface area contributed by atoms with E-state index >= 15 is 0 Å². The van der Waals surface area contributed by atoms with Gasteiger partial charge in [0, 0.05) is 39.2 Å². The van der Waals surface area contributed by atoms with Crippen molar-refractivity contribution in [3.8, 4) is 55.6 Å². The van der Waals surface area contributed by atoms with Crippen molar-refractivity contribution in [3.05, 3.63) is 249 Å². The van der Waals surface area contributed by atoms with Crippen LogP contribution in [-0.2, 0) is 0 Å². The molecular formula is C62H41NO. The van der Waals surface area contributed by atoms with E-state index in [0.717, 1.165) is 66.6 Å². The van der Waals surface area contributed by atoms with Gasteiger partial charge in [0.25, 0.3) is 0 Å². The summed E-state index contributed by atoms with van der Waals surface area (Å²) in [5.74, 6) is 0. The van der Waals surface area contributed by atoms with E-state index < -0.39 is 0 Å². The van der Waals surface area contributed by atoms with Crippen molar-refractivity contribution in [2.24, 2.45) is 0 Å². The minimum Gasteiger partial charge on any atom is -0.456 e. The first-order valence-electron chi connectivity index (χ1n) is 21.9. The van der Waals surface area contributed by atoms with Gasteiger partial charge in [-0.3, -0.25) is 0 Å². The Morgan fingerprint density at radius 2 is 0.719 bits per heavy atom. The normalized spacial score (nSPS) is 11.4. The molecule has 0 atom stereocenters. The summed E-state index contributed by atoms with van der Waals surface area (Å²) in [5.41, 5.74) is 16.6. The second kappa shape index (κ2) is 15.8. The van der Waals surface area contributed by atoms with Crippen molar-refractivity contribution in [2.45, 2.75) is 0 Å². The van der Waals surface area contributed by atoms with Gasteiger partial charge in [-0.1, -0.05) is 206 Å². The lowest BCUT2D eigenvalue weighted by Gasteiger charge is -2.31. The first-order chi connectivity index (χ1) is 31.7. The highest BCUT2D eigenvalue weighted by Gasteiger charge is 2.26. The molecule has 0 saturated carbocycles. The van der Waals surface area contributed by atoms with Crippen LogP contribution in [0.3, 0.4) is 0 Å². The summed E-state index contributed by atoms with van der Waals surface area (Å²) in [5, 5.41) is 6.97. The van der Waals surface area contributed by atoms with Gasteiger partial charge in [0.15, 0.2) is 0 Å². The molecule has 0 aliphatic heterocycles. The Hall–Kier alpha value is -8.46. The van der Waals surface area contributed by atoms with E-state index in [4.69, 9.17) is 4.42 Å². The topological polar surface area (TPSA) is 16.4 Å². The highest BCUT2D eigenvalue weighted by atomic mass is 16.3. The van der Waals surface area contributed by atoms with Crippen LogP contribution in [0.5, 0.6) is 0 Å². The fourth-order valence-corrected chi connectivity index (χ4v) is 9.65. The van der Waals surface area contributed by atoms with Gasteiger partial charge in [-0.25, -0.2) is 0 Å². The third-order valence-corrected chi connectivity index (χ3v) is 12.7. The Morgan fingerprint density at radius 1 is 0.250 bits per heavy atom. The zero-order valence-electron chi connectivity index (χ0n) is 35.0. The average Bonchev–Trinajstić information content (AvgIpc) is 3.75. The third kappa shape index (κ3) is 6.52. The molecule has 2 heteroatoms. The highest BCUT2D eigenvalue weighted by Crippen LogP contribution is 2.51. The number of anilines is 3. The molecule has 0 aliphatic rings. The Kier molecular flexibility index (Phi) is 9.20. The number of benzene rings is 11. The van der Waals surface area contributed by atoms with E-state index in [1.54, 1.807) is 0 Å². The standard InChI is InChI=1S/C62H41NO/c1-4-17-42(18-5-1)44-31-33-46(34-32-44)51-37-35-49(40-58(51)45-21-8-3-9-22-45)63(50-36-38-55-54-27-14-15-30-59(54)64-60(55)41-50)62-57-29-13-11-26-53(57)52-25-10-12-28-56(52)61(62)48-24-16-23-47(39-48)43-19-6-2-7-20-43/h1-41H. The molecule has 1 heterocycles. The zero-order valence-corrected chi connectivity index (χ0v) is 35.0. The summed E-state index contributed by atoms with van der Waals surface area (Å²) >= 11 is 0. The summed E-state index contributed by atoms with van der Waals surface area (Å²) in [7, 11) is 0. The van der Waals surface area contributed by atoms with Crippen LogP contribution < -0.4 is 4.90 Å². The van der Waals surface area contributed by atoms with Gasteiger partial charge in [0.2, 0.25) is 0 Å². The van der Waals surface area contributed by atoms with Crippen LogP contribution in [-0.4, -0.2) is 0 Å². The molecule has 0 aliphatic carbocycles. The molecule has 12 rings (SSSR count). The Morgan fingerprint density at radius 3 is 1.44 bits per heavy atom. The summed E-state index contributed by atoms with van der Waals surface area (Å²) in [4.78, 5) is 2.47. The highest BCUT2D eigenvalue weighted by molar-refractivity contribution is 6.23. The minimum absolute atomic E-state index is 0.847. The smallest absolute Gasteiger partial charge is 0.137 e. The number of rotatable bonds is 8. The first-order valence-corrected chi connectivity index (χ1v) is 21.9. The van der Waals surface area contributed by atoms with E-state index in [2.05, 4.69) is 248 Å². The average molecular weight is 816 g/mol. The SMILES string of the molecule is c1ccc(-c2ccc(-c3ccc(N(c4ccc5c(c4)oc4ccccc45)c4c(-c5cccc(-c6ccccc6)c5)c5ccccc5c5ccccc45)cc3-c3ccccc3)cc2)cc1. The van der Waals surface area contributed by atoms with Gasteiger partial charge in [0.1, 0.15) is 11.2 Å². The Balaban J connectivity index is 1.16. The molecule has 2 nitrogen and oxygen atoms in total. The van der Waals surface area contributed by atoms with Gasteiger partial charge in [0.05, 0.1) is 5.69 Å². The molecular weight excluding hydrogens is 775 g/mol. The van der Waals surface area contributed by atoms with Crippen molar-refractivity contribution in [2.75, 3.05) is 4.90 Å². The van der Waals surface area contributed by atoms with Crippen molar-refractivity contribution in [1.29, 1.82) is 0 Å². The Bertz CT molecular complexity index is 3650. The van der Waals surface area contributed by atoms with Crippen LogP contribution >= 0.6 is 0 Å². The first kappa shape index (κ1) is 37.3. The van der Waals surface area contributed by atoms with E-state index in [-0.39, 0.29) is 0 Å². The predicted octanol–water partition coefficient (Wildman–Crippen LogP) is 17.7. The zero-order chi connectivity index (χ0) is 42.4. The maximum absolute atomic E-state index is 6.64. The number of hydrogen-bond acceptors (Lipinski definition) is 2. The molecule has 11 aromatic carbocycles. The van der Waals surface area contributed by atoms with Crippen LogP contribution in [0, 0.1) is 0 Å². The Labute approximate surface area is 372 Å². The number of nitrogens with zero attached hydrogens (tertiary/aromatic N) is 1. The summed E-state index contributed by atoms with van der Waals surface area (Å²) < 4.78 is 6.64. The van der Waals surface area contributed by atoms with Crippen molar-refractivity contribution in [3.63, 3.8) is 0 Å². The molecule has 0 amide bonds. The number of furan rings is 1. The maximum Gasteiger partial charge on any atom is 0.137 e. The van der Waals surface area contributed by atoms with Crippen LogP contribution in [0.1, 0.15) is 0 Å². The molecule has 0 radical (unpaired) electrons. The number of hydrogen-bond donors (Lipinski definition) is 0. The van der Waals surface area contributed by atoms with Gasteiger partial charge < -0.3 is 9.32 Å². The fraction of sp³-hybridized carbons (Fsp3) is 0. The molecule has 300 valence electrons. The van der Waals surface area contributed by atoms with Crippen LogP contribution in [0.15, 0.2) is 253 Å². The third-order valence-electron chi connectivity index (χ3n) is 12.7. The van der Waals surface area contributed by atoms with Crippen molar-refractivity contribution >= 4 is 60.5 Å². The molecule has 12 aromatic rings. The molecule has 64 heavy (non-hydrogen) atoms. The summed E-state index contributed by atoms with van der Waals surface area (Å²) in [6.07, 6.45) is 0. The van der Waals surface area contributed by atoms with Crippen LogP contribution in [0.2, 0.25) is 0 Å². The van der Waals surface area contributed by atoms with E-state index in [0.29, 0.717) is 0 Å². The summed E-state index contributed by atoms with van der Waals surface area (Å²) in [6.45, 7) is 0.